The Bertz CT molecular complexity index is 893. The highest BCUT2D eigenvalue weighted by atomic mass is 32.2. The predicted octanol–water partition coefficient (Wildman–Crippen LogP) is 1.53. The van der Waals surface area contributed by atoms with Crippen LogP contribution in [0.5, 0.6) is 11.5 Å². The van der Waals surface area contributed by atoms with Gasteiger partial charge >= 0.3 is 0 Å². The molecule has 0 aliphatic carbocycles. The molecule has 2 aliphatic rings. The van der Waals surface area contributed by atoms with Crippen LogP contribution in [0.2, 0.25) is 0 Å². The molecule has 0 saturated carbocycles. The SMILES string of the molecule is O=S(=O)(c1ccc2c(c1)OCCO2)N1CCC(O)(c2cccnc2)CC1. The van der Waals surface area contributed by atoms with E-state index in [0.29, 0.717) is 37.6 Å². The lowest BCUT2D eigenvalue weighted by Crippen LogP contribution is -2.45. The summed E-state index contributed by atoms with van der Waals surface area (Å²) in [5.74, 6) is 1.00. The van der Waals surface area contributed by atoms with Gasteiger partial charge in [0.2, 0.25) is 10.0 Å². The lowest BCUT2D eigenvalue weighted by atomic mass is 9.86. The number of rotatable bonds is 3. The van der Waals surface area contributed by atoms with Crippen molar-refractivity contribution in [3.63, 3.8) is 0 Å². The number of hydrogen-bond donors (Lipinski definition) is 1. The van der Waals surface area contributed by atoms with Crippen LogP contribution in [0, 0.1) is 0 Å². The quantitative estimate of drug-likeness (QED) is 0.874. The number of sulfonamides is 1. The first-order chi connectivity index (χ1) is 12.5. The van der Waals surface area contributed by atoms with E-state index in [1.54, 1.807) is 24.5 Å². The van der Waals surface area contributed by atoms with Gasteiger partial charge in [-0.1, -0.05) is 6.07 Å². The van der Waals surface area contributed by atoms with Crippen LogP contribution in [0.1, 0.15) is 18.4 Å². The number of fused-ring (bicyclic) bond motifs is 1. The molecule has 0 unspecified atom stereocenters. The number of aliphatic hydroxyl groups is 1. The summed E-state index contributed by atoms with van der Waals surface area (Å²) in [4.78, 5) is 4.22. The fourth-order valence-electron chi connectivity index (χ4n) is 3.36. The molecule has 2 aromatic rings. The average molecular weight is 376 g/mol. The van der Waals surface area contributed by atoms with Crippen LogP contribution in [0.25, 0.3) is 0 Å². The second kappa shape index (κ2) is 6.53. The standard InChI is InChI=1S/C18H20N2O5S/c21-18(14-2-1-7-19-13-14)5-8-20(9-6-18)26(22,23)15-3-4-16-17(12-15)25-11-10-24-16/h1-4,7,12-13,21H,5-6,8-11H2. The van der Waals surface area contributed by atoms with E-state index in [4.69, 9.17) is 9.47 Å². The zero-order chi connectivity index (χ0) is 18.2. The zero-order valence-corrected chi connectivity index (χ0v) is 15.0. The van der Waals surface area contributed by atoms with Gasteiger partial charge in [0.15, 0.2) is 11.5 Å². The topological polar surface area (TPSA) is 89.0 Å². The van der Waals surface area contributed by atoms with E-state index in [1.807, 2.05) is 6.07 Å². The number of nitrogens with zero attached hydrogens (tertiary/aromatic N) is 2. The molecule has 0 bridgehead atoms. The van der Waals surface area contributed by atoms with E-state index in [2.05, 4.69) is 4.98 Å². The first-order valence-corrected chi connectivity index (χ1v) is 9.96. The number of hydrogen-bond acceptors (Lipinski definition) is 6. The van der Waals surface area contributed by atoms with E-state index in [1.165, 1.54) is 16.4 Å². The third-order valence-corrected chi connectivity index (χ3v) is 6.79. The fourth-order valence-corrected chi connectivity index (χ4v) is 4.81. The highest BCUT2D eigenvalue weighted by Crippen LogP contribution is 2.36. The first kappa shape index (κ1) is 17.3. The third-order valence-electron chi connectivity index (χ3n) is 4.90. The van der Waals surface area contributed by atoms with Crippen LogP contribution < -0.4 is 9.47 Å². The van der Waals surface area contributed by atoms with E-state index in [-0.39, 0.29) is 18.0 Å². The Labute approximate surface area is 152 Å². The van der Waals surface area contributed by atoms with Gasteiger partial charge in [-0.05, 0) is 31.0 Å². The maximum atomic E-state index is 13.0. The number of ether oxygens (including phenoxy) is 2. The van der Waals surface area contributed by atoms with E-state index in [0.717, 1.165) is 5.56 Å². The van der Waals surface area contributed by atoms with E-state index in [9.17, 15) is 13.5 Å². The van der Waals surface area contributed by atoms with Crippen molar-refractivity contribution in [1.29, 1.82) is 0 Å². The maximum Gasteiger partial charge on any atom is 0.243 e. The Morgan fingerprint density at radius 1 is 1.08 bits per heavy atom. The molecule has 2 aliphatic heterocycles. The predicted molar refractivity (Wildman–Crippen MR) is 93.6 cm³/mol. The van der Waals surface area contributed by atoms with Gasteiger partial charge in [-0.3, -0.25) is 4.98 Å². The summed E-state index contributed by atoms with van der Waals surface area (Å²) in [7, 11) is -3.66. The van der Waals surface area contributed by atoms with Crippen molar-refractivity contribution in [2.45, 2.75) is 23.3 Å². The molecule has 0 amide bonds. The van der Waals surface area contributed by atoms with Gasteiger partial charge in [-0.25, -0.2) is 8.42 Å². The summed E-state index contributed by atoms with van der Waals surface area (Å²) < 4.78 is 38.2. The molecule has 0 atom stereocenters. The van der Waals surface area contributed by atoms with Crippen LogP contribution in [-0.4, -0.2) is 49.1 Å². The molecule has 3 heterocycles. The molecule has 7 nitrogen and oxygen atoms in total. The van der Waals surface area contributed by atoms with E-state index >= 15 is 0 Å². The van der Waals surface area contributed by atoms with Gasteiger partial charge in [0.05, 0.1) is 10.5 Å². The largest absolute Gasteiger partial charge is 0.486 e. The van der Waals surface area contributed by atoms with Gasteiger partial charge in [-0.15, -0.1) is 0 Å². The van der Waals surface area contributed by atoms with E-state index < -0.39 is 15.6 Å². The monoisotopic (exact) mass is 376 g/mol. The number of pyridine rings is 1. The van der Waals surface area contributed by atoms with Crippen molar-refractivity contribution in [3.8, 4) is 11.5 Å². The fraction of sp³-hybridized carbons (Fsp3) is 0.389. The summed E-state index contributed by atoms with van der Waals surface area (Å²) in [5.41, 5.74) is -0.330. The third kappa shape index (κ3) is 3.04. The highest BCUT2D eigenvalue weighted by Gasteiger charge is 2.38. The van der Waals surface area contributed by atoms with Crippen molar-refractivity contribution in [2.24, 2.45) is 0 Å². The Morgan fingerprint density at radius 3 is 2.50 bits per heavy atom. The Hall–Kier alpha value is -2.16. The van der Waals surface area contributed by atoms with Crippen LogP contribution in [0.15, 0.2) is 47.6 Å². The highest BCUT2D eigenvalue weighted by molar-refractivity contribution is 7.89. The number of piperidine rings is 1. The van der Waals surface area contributed by atoms with Gasteiger partial charge in [0.1, 0.15) is 13.2 Å². The molecule has 8 heteroatoms. The van der Waals surface area contributed by atoms with Crippen molar-refractivity contribution in [3.05, 3.63) is 48.3 Å². The summed E-state index contributed by atoms with van der Waals surface area (Å²) in [6, 6.07) is 8.25. The van der Waals surface area contributed by atoms with Crippen LogP contribution in [0.3, 0.4) is 0 Å². The Balaban J connectivity index is 1.53. The molecule has 0 radical (unpaired) electrons. The zero-order valence-electron chi connectivity index (χ0n) is 14.2. The Kier molecular flexibility index (Phi) is 4.34. The summed E-state index contributed by atoms with van der Waals surface area (Å²) in [6.07, 6.45) is 3.92. The maximum absolute atomic E-state index is 13.0. The van der Waals surface area contributed by atoms with Crippen LogP contribution in [0.4, 0.5) is 0 Å². The van der Waals surface area contributed by atoms with Crippen molar-refractivity contribution < 1.29 is 23.0 Å². The van der Waals surface area contributed by atoms with Crippen LogP contribution >= 0.6 is 0 Å². The van der Waals surface area contributed by atoms with Gasteiger partial charge in [0.25, 0.3) is 0 Å². The molecule has 26 heavy (non-hydrogen) atoms. The Morgan fingerprint density at radius 2 is 1.81 bits per heavy atom. The molecule has 1 aromatic carbocycles. The molecule has 4 rings (SSSR count). The minimum atomic E-state index is -3.66. The van der Waals surface area contributed by atoms with Gasteiger partial charge < -0.3 is 14.6 Å². The molecular weight excluding hydrogens is 356 g/mol. The first-order valence-electron chi connectivity index (χ1n) is 8.52. The normalized spacial score (nSPS) is 19.9. The molecule has 1 fully saturated rings. The molecule has 1 aromatic heterocycles. The lowest BCUT2D eigenvalue weighted by molar-refractivity contribution is -0.00989. The number of benzene rings is 1. The molecule has 0 spiro atoms. The van der Waals surface area contributed by atoms with Crippen molar-refractivity contribution in [2.75, 3.05) is 26.3 Å². The average Bonchev–Trinajstić information content (AvgIpc) is 2.68. The summed E-state index contributed by atoms with van der Waals surface area (Å²) >= 11 is 0. The molecule has 1 N–H and O–H groups in total. The molecule has 1 saturated heterocycles. The second-order valence-electron chi connectivity index (χ2n) is 6.48. The second-order valence-corrected chi connectivity index (χ2v) is 8.42. The van der Waals surface area contributed by atoms with Crippen molar-refractivity contribution >= 4 is 10.0 Å². The summed E-state index contributed by atoms with van der Waals surface area (Å²) in [6.45, 7) is 1.33. The molecular formula is C18H20N2O5S. The van der Waals surface area contributed by atoms with Crippen LogP contribution in [-0.2, 0) is 15.6 Å². The minimum Gasteiger partial charge on any atom is -0.486 e. The number of aromatic nitrogens is 1. The van der Waals surface area contributed by atoms with Crippen molar-refractivity contribution in [1.82, 2.24) is 9.29 Å². The molecule has 138 valence electrons. The minimum absolute atomic E-state index is 0.175. The van der Waals surface area contributed by atoms with Gasteiger partial charge in [-0.2, -0.15) is 4.31 Å². The smallest absolute Gasteiger partial charge is 0.243 e. The lowest BCUT2D eigenvalue weighted by Gasteiger charge is -2.37. The summed E-state index contributed by atoms with van der Waals surface area (Å²) in [5, 5.41) is 10.9. The van der Waals surface area contributed by atoms with Gasteiger partial charge in [0, 0.05) is 37.1 Å².